The predicted octanol–water partition coefficient (Wildman–Crippen LogP) is 1.68. The van der Waals surface area contributed by atoms with E-state index in [1.807, 2.05) is 0 Å². The molecule has 0 aromatic carbocycles. The highest BCUT2D eigenvalue weighted by Crippen LogP contribution is 2.29. The van der Waals surface area contributed by atoms with E-state index in [1.54, 1.807) is 0 Å². The van der Waals surface area contributed by atoms with E-state index in [4.69, 9.17) is 10.5 Å². The largest absolute Gasteiger partial charge is 0.378 e. The molecule has 3 N–H and O–H groups in total. The van der Waals surface area contributed by atoms with Gasteiger partial charge < -0.3 is 15.8 Å². The second kappa shape index (κ2) is 6.71. The summed E-state index contributed by atoms with van der Waals surface area (Å²) in [5, 5.41) is 3.14. The van der Waals surface area contributed by atoms with Gasteiger partial charge in [0.1, 0.15) is 0 Å². The van der Waals surface area contributed by atoms with Crippen LogP contribution in [0, 0.1) is 17.8 Å². The Hall–Kier alpha value is -0.610. The lowest BCUT2D eigenvalue weighted by Gasteiger charge is -2.32. The molecular formula is C15H28N2O2. The highest BCUT2D eigenvalue weighted by atomic mass is 16.5. The molecule has 0 radical (unpaired) electrons. The van der Waals surface area contributed by atoms with Crippen LogP contribution in [0.5, 0.6) is 0 Å². The average molecular weight is 268 g/mol. The Morgan fingerprint density at radius 1 is 1.37 bits per heavy atom. The number of rotatable bonds is 4. The minimum atomic E-state index is 0.103. The maximum Gasteiger partial charge on any atom is 0.223 e. The third kappa shape index (κ3) is 3.69. The Labute approximate surface area is 116 Å². The number of nitrogens with one attached hydrogen (secondary N) is 1. The van der Waals surface area contributed by atoms with Crippen molar-refractivity contribution < 1.29 is 9.53 Å². The summed E-state index contributed by atoms with van der Waals surface area (Å²) in [7, 11) is 0. The van der Waals surface area contributed by atoms with E-state index in [9.17, 15) is 4.79 Å². The van der Waals surface area contributed by atoms with Gasteiger partial charge in [-0.25, -0.2) is 0 Å². The minimum Gasteiger partial charge on any atom is -0.378 e. The van der Waals surface area contributed by atoms with E-state index >= 15 is 0 Å². The molecule has 1 heterocycles. The molecule has 4 nitrogen and oxygen atoms in total. The topological polar surface area (TPSA) is 64.3 Å². The smallest absolute Gasteiger partial charge is 0.223 e. The summed E-state index contributed by atoms with van der Waals surface area (Å²) >= 11 is 0. The predicted molar refractivity (Wildman–Crippen MR) is 75.6 cm³/mol. The van der Waals surface area contributed by atoms with Crippen LogP contribution in [0.3, 0.4) is 0 Å². The second-order valence-corrected chi connectivity index (χ2v) is 6.27. The van der Waals surface area contributed by atoms with Gasteiger partial charge in [0.25, 0.3) is 0 Å². The third-order valence-electron chi connectivity index (χ3n) is 4.86. The van der Waals surface area contributed by atoms with Crippen molar-refractivity contribution in [1.82, 2.24) is 5.32 Å². The van der Waals surface area contributed by atoms with Crippen molar-refractivity contribution in [3.05, 3.63) is 0 Å². The van der Waals surface area contributed by atoms with Gasteiger partial charge in [0.05, 0.1) is 6.10 Å². The summed E-state index contributed by atoms with van der Waals surface area (Å²) in [6.07, 6.45) is 5.39. The van der Waals surface area contributed by atoms with Crippen molar-refractivity contribution in [2.24, 2.45) is 23.5 Å². The first kappa shape index (κ1) is 14.8. The SMILES string of the molecule is CCC1OCCC1CNC(=O)C1CC(N)CCC1C. The fraction of sp³-hybridized carbons (Fsp3) is 0.933. The Balaban J connectivity index is 1.80. The summed E-state index contributed by atoms with van der Waals surface area (Å²) in [5.41, 5.74) is 5.99. The molecular weight excluding hydrogens is 240 g/mol. The van der Waals surface area contributed by atoms with Gasteiger partial charge in [-0.3, -0.25) is 4.79 Å². The molecule has 110 valence electrons. The second-order valence-electron chi connectivity index (χ2n) is 6.27. The molecule has 1 aliphatic carbocycles. The van der Waals surface area contributed by atoms with E-state index in [1.165, 1.54) is 0 Å². The summed E-state index contributed by atoms with van der Waals surface area (Å²) in [5.74, 6) is 1.25. The molecule has 2 fully saturated rings. The Kier molecular flexibility index (Phi) is 5.22. The molecule has 5 unspecified atom stereocenters. The number of carbonyl (C=O) groups excluding carboxylic acids is 1. The zero-order chi connectivity index (χ0) is 13.8. The van der Waals surface area contributed by atoms with Crippen molar-refractivity contribution in [3.8, 4) is 0 Å². The summed E-state index contributed by atoms with van der Waals surface area (Å²) in [6.45, 7) is 5.91. The fourth-order valence-electron chi connectivity index (χ4n) is 3.46. The average Bonchev–Trinajstić information content (AvgIpc) is 2.86. The normalized spacial score (nSPS) is 39.2. The van der Waals surface area contributed by atoms with Crippen molar-refractivity contribution in [2.75, 3.05) is 13.2 Å². The molecule has 0 spiro atoms. The number of amides is 1. The van der Waals surface area contributed by atoms with Gasteiger partial charge in [-0.2, -0.15) is 0 Å². The molecule has 1 amide bonds. The lowest BCUT2D eigenvalue weighted by atomic mass is 9.77. The van der Waals surface area contributed by atoms with Crippen LogP contribution in [0.25, 0.3) is 0 Å². The van der Waals surface area contributed by atoms with Crippen molar-refractivity contribution in [1.29, 1.82) is 0 Å². The van der Waals surface area contributed by atoms with Gasteiger partial charge >= 0.3 is 0 Å². The number of hydrogen-bond acceptors (Lipinski definition) is 3. The molecule has 2 rings (SSSR count). The van der Waals surface area contributed by atoms with Crippen LogP contribution in [-0.4, -0.2) is 31.2 Å². The fourth-order valence-corrected chi connectivity index (χ4v) is 3.46. The van der Waals surface area contributed by atoms with E-state index in [0.717, 1.165) is 45.3 Å². The van der Waals surface area contributed by atoms with Crippen LogP contribution < -0.4 is 11.1 Å². The van der Waals surface area contributed by atoms with Gasteiger partial charge in [-0.1, -0.05) is 13.8 Å². The third-order valence-corrected chi connectivity index (χ3v) is 4.86. The Morgan fingerprint density at radius 2 is 2.16 bits per heavy atom. The minimum absolute atomic E-state index is 0.103. The van der Waals surface area contributed by atoms with Gasteiger partial charge in [0.15, 0.2) is 0 Å². The van der Waals surface area contributed by atoms with Crippen molar-refractivity contribution >= 4 is 5.91 Å². The molecule has 1 saturated heterocycles. The van der Waals surface area contributed by atoms with E-state index < -0.39 is 0 Å². The maximum absolute atomic E-state index is 12.3. The van der Waals surface area contributed by atoms with Crippen LogP contribution in [-0.2, 0) is 9.53 Å². The number of carbonyl (C=O) groups is 1. The number of hydrogen-bond donors (Lipinski definition) is 2. The highest BCUT2D eigenvalue weighted by Gasteiger charge is 2.32. The molecule has 0 aromatic rings. The van der Waals surface area contributed by atoms with Crippen LogP contribution in [0.4, 0.5) is 0 Å². The first-order valence-electron chi connectivity index (χ1n) is 7.76. The first-order valence-corrected chi connectivity index (χ1v) is 7.76. The van der Waals surface area contributed by atoms with Gasteiger partial charge in [-0.05, 0) is 38.0 Å². The zero-order valence-electron chi connectivity index (χ0n) is 12.2. The van der Waals surface area contributed by atoms with E-state index in [-0.39, 0.29) is 17.9 Å². The van der Waals surface area contributed by atoms with Crippen LogP contribution in [0.15, 0.2) is 0 Å². The van der Waals surface area contributed by atoms with Gasteiger partial charge in [-0.15, -0.1) is 0 Å². The van der Waals surface area contributed by atoms with E-state index in [2.05, 4.69) is 19.2 Å². The van der Waals surface area contributed by atoms with Crippen LogP contribution in [0.1, 0.15) is 46.0 Å². The molecule has 5 atom stereocenters. The zero-order valence-corrected chi connectivity index (χ0v) is 12.2. The van der Waals surface area contributed by atoms with Crippen LogP contribution in [0.2, 0.25) is 0 Å². The molecule has 0 aromatic heterocycles. The molecule has 1 aliphatic heterocycles. The maximum atomic E-state index is 12.3. The highest BCUT2D eigenvalue weighted by molar-refractivity contribution is 5.79. The molecule has 2 aliphatic rings. The summed E-state index contributed by atoms with van der Waals surface area (Å²) < 4.78 is 5.66. The molecule has 1 saturated carbocycles. The van der Waals surface area contributed by atoms with Crippen LogP contribution >= 0.6 is 0 Å². The molecule has 0 bridgehead atoms. The summed E-state index contributed by atoms with van der Waals surface area (Å²) in [6, 6.07) is 0.199. The molecule has 4 heteroatoms. The lowest BCUT2D eigenvalue weighted by Crippen LogP contribution is -2.43. The number of nitrogens with two attached hydrogens (primary N) is 1. The Bertz CT molecular complexity index is 309. The lowest BCUT2D eigenvalue weighted by molar-refractivity contribution is -0.128. The first-order chi connectivity index (χ1) is 9.11. The monoisotopic (exact) mass is 268 g/mol. The quantitative estimate of drug-likeness (QED) is 0.815. The molecule has 19 heavy (non-hydrogen) atoms. The van der Waals surface area contributed by atoms with Gasteiger partial charge in [0.2, 0.25) is 5.91 Å². The Morgan fingerprint density at radius 3 is 2.89 bits per heavy atom. The standard InChI is InChI=1S/C15H28N2O2/c1-3-14-11(6-7-19-14)9-17-15(18)13-8-12(16)5-4-10(13)2/h10-14H,3-9,16H2,1-2H3,(H,17,18). The van der Waals surface area contributed by atoms with Gasteiger partial charge in [0, 0.05) is 31.0 Å². The number of ether oxygens (including phenoxy) is 1. The summed E-state index contributed by atoms with van der Waals surface area (Å²) in [4.78, 5) is 12.3. The van der Waals surface area contributed by atoms with Crippen molar-refractivity contribution in [2.45, 2.75) is 58.1 Å². The van der Waals surface area contributed by atoms with Crippen molar-refractivity contribution in [3.63, 3.8) is 0 Å². The van der Waals surface area contributed by atoms with E-state index in [0.29, 0.717) is 17.9 Å².